The van der Waals surface area contributed by atoms with E-state index in [-0.39, 0.29) is 5.75 Å². The fraction of sp³-hybridized carbons (Fsp3) is 0.375. The highest BCUT2D eigenvalue weighted by molar-refractivity contribution is 7.80. The van der Waals surface area contributed by atoms with Crippen molar-refractivity contribution in [2.45, 2.75) is 33.4 Å². The first-order valence-corrected chi connectivity index (χ1v) is 7.95. The maximum absolute atomic E-state index is 12.5. The molecule has 0 aliphatic rings. The monoisotopic (exact) mass is 354 g/mol. The topological polar surface area (TPSA) is 51.1 Å². The van der Waals surface area contributed by atoms with Gasteiger partial charge in [0.25, 0.3) is 0 Å². The van der Waals surface area contributed by atoms with Crippen molar-refractivity contribution in [2.75, 3.05) is 11.9 Å². The van der Waals surface area contributed by atoms with Crippen molar-refractivity contribution in [3.8, 4) is 5.75 Å². The van der Waals surface area contributed by atoms with Crippen molar-refractivity contribution < 1.29 is 13.5 Å². The summed E-state index contributed by atoms with van der Waals surface area (Å²) in [5.41, 5.74) is 2.21. The lowest BCUT2D eigenvalue weighted by molar-refractivity contribution is -0.0493. The molecule has 0 saturated heterocycles. The standard InChI is InChI=1S/C16H20F2N4OS/c1-11-4-5-13(14(10-11)23-15(17)18)20-16(24)19-7-3-8-22-9-6-12(2)21-22/h4-6,9-10,15H,3,7-8H2,1-2H3,(H2,19,20,24). The van der Waals surface area contributed by atoms with Crippen LogP contribution in [0.2, 0.25) is 0 Å². The molecule has 5 nitrogen and oxygen atoms in total. The smallest absolute Gasteiger partial charge is 0.387 e. The first-order valence-electron chi connectivity index (χ1n) is 7.54. The number of halogens is 2. The summed E-state index contributed by atoms with van der Waals surface area (Å²) < 4.78 is 31.3. The van der Waals surface area contributed by atoms with E-state index in [4.69, 9.17) is 12.2 Å². The third-order valence-corrected chi connectivity index (χ3v) is 3.47. The van der Waals surface area contributed by atoms with Gasteiger partial charge in [-0.1, -0.05) is 6.07 Å². The van der Waals surface area contributed by atoms with Gasteiger partial charge in [-0.3, -0.25) is 4.68 Å². The Balaban J connectivity index is 1.81. The Hall–Kier alpha value is -2.22. The van der Waals surface area contributed by atoms with Gasteiger partial charge in [0.2, 0.25) is 0 Å². The molecule has 0 aliphatic heterocycles. The van der Waals surface area contributed by atoms with Gasteiger partial charge in [0.15, 0.2) is 5.11 Å². The molecule has 2 N–H and O–H groups in total. The Labute approximate surface area is 145 Å². The van der Waals surface area contributed by atoms with Crippen LogP contribution in [0, 0.1) is 13.8 Å². The molecular formula is C16H20F2N4OS. The lowest BCUT2D eigenvalue weighted by atomic mass is 10.2. The zero-order chi connectivity index (χ0) is 17.5. The van der Waals surface area contributed by atoms with Gasteiger partial charge in [-0.15, -0.1) is 0 Å². The van der Waals surface area contributed by atoms with Crippen molar-refractivity contribution in [3.05, 3.63) is 41.7 Å². The minimum absolute atomic E-state index is 0.0705. The van der Waals surface area contributed by atoms with Crippen molar-refractivity contribution in [2.24, 2.45) is 0 Å². The lowest BCUT2D eigenvalue weighted by Gasteiger charge is -2.15. The molecule has 0 fully saturated rings. The molecule has 2 aromatic rings. The highest BCUT2D eigenvalue weighted by Gasteiger charge is 2.11. The third-order valence-electron chi connectivity index (χ3n) is 3.22. The normalized spacial score (nSPS) is 10.7. The molecule has 0 unspecified atom stereocenters. The molecule has 0 aliphatic carbocycles. The Morgan fingerprint density at radius 3 is 2.79 bits per heavy atom. The first kappa shape index (κ1) is 18.1. The molecule has 0 atom stereocenters. The third kappa shape index (κ3) is 5.77. The fourth-order valence-corrected chi connectivity index (χ4v) is 2.34. The second-order valence-electron chi connectivity index (χ2n) is 5.33. The number of ether oxygens (including phenoxy) is 1. The van der Waals surface area contributed by atoms with Crippen LogP contribution in [0.1, 0.15) is 17.7 Å². The number of nitrogens with zero attached hydrogens (tertiary/aromatic N) is 2. The summed E-state index contributed by atoms with van der Waals surface area (Å²) in [5.74, 6) is 0.0705. The molecule has 130 valence electrons. The van der Waals surface area contributed by atoms with Crippen LogP contribution in [0.3, 0.4) is 0 Å². The number of benzene rings is 1. The molecule has 0 amide bonds. The van der Waals surface area contributed by atoms with E-state index in [1.165, 1.54) is 6.07 Å². The molecule has 24 heavy (non-hydrogen) atoms. The molecular weight excluding hydrogens is 334 g/mol. The van der Waals surface area contributed by atoms with E-state index in [1.807, 2.05) is 23.9 Å². The second-order valence-corrected chi connectivity index (χ2v) is 5.74. The second kappa shape index (κ2) is 8.58. The largest absolute Gasteiger partial charge is 0.433 e. The van der Waals surface area contributed by atoms with Gasteiger partial charge >= 0.3 is 6.61 Å². The Morgan fingerprint density at radius 1 is 1.33 bits per heavy atom. The van der Waals surface area contributed by atoms with Crippen molar-refractivity contribution in [3.63, 3.8) is 0 Å². The summed E-state index contributed by atoms with van der Waals surface area (Å²) in [6.45, 7) is 2.27. The summed E-state index contributed by atoms with van der Waals surface area (Å²) in [4.78, 5) is 0. The van der Waals surface area contributed by atoms with Gasteiger partial charge in [0, 0.05) is 19.3 Å². The minimum Gasteiger partial charge on any atom is -0.433 e. The Morgan fingerprint density at radius 2 is 2.12 bits per heavy atom. The predicted molar refractivity (Wildman–Crippen MR) is 93.6 cm³/mol. The summed E-state index contributed by atoms with van der Waals surface area (Å²) in [7, 11) is 0. The number of hydrogen-bond donors (Lipinski definition) is 2. The number of hydrogen-bond acceptors (Lipinski definition) is 3. The van der Waals surface area contributed by atoms with Crippen LogP contribution < -0.4 is 15.4 Å². The van der Waals surface area contributed by atoms with Crippen LogP contribution >= 0.6 is 12.2 Å². The Kier molecular flexibility index (Phi) is 6.48. The summed E-state index contributed by atoms with van der Waals surface area (Å²) in [6.07, 6.45) is 2.75. The molecule has 1 heterocycles. The summed E-state index contributed by atoms with van der Waals surface area (Å²) in [5, 5.41) is 10.6. The van der Waals surface area contributed by atoms with E-state index < -0.39 is 6.61 Å². The zero-order valence-corrected chi connectivity index (χ0v) is 14.4. The van der Waals surface area contributed by atoms with Crippen molar-refractivity contribution in [1.29, 1.82) is 0 Å². The van der Waals surface area contributed by atoms with Crippen LogP contribution in [0.4, 0.5) is 14.5 Å². The van der Waals surface area contributed by atoms with E-state index in [0.29, 0.717) is 17.3 Å². The number of alkyl halides is 2. The van der Waals surface area contributed by atoms with Crippen molar-refractivity contribution in [1.82, 2.24) is 15.1 Å². The number of thiocarbonyl (C=S) groups is 1. The quantitative estimate of drug-likeness (QED) is 0.589. The van der Waals surface area contributed by atoms with Crippen LogP contribution in [0.5, 0.6) is 5.75 Å². The average Bonchev–Trinajstić information content (AvgIpc) is 2.91. The van der Waals surface area contributed by atoms with E-state index in [1.54, 1.807) is 19.1 Å². The molecule has 0 bridgehead atoms. The molecule has 1 aromatic carbocycles. The average molecular weight is 354 g/mol. The van der Waals surface area contributed by atoms with Gasteiger partial charge in [-0.2, -0.15) is 13.9 Å². The van der Waals surface area contributed by atoms with E-state index in [2.05, 4.69) is 20.5 Å². The molecule has 1 aromatic heterocycles. The van der Waals surface area contributed by atoms with Crippen LogP contribution in [0.15, 0.2) is 30.5 Å². The molecule has 0 saturated carbocycles. The van der Waals surface area contributed by atoms with Gasteiger partial charge in [0.05, 0.1) is 11.4 Å². The summed E-state index contributed by atoms with van der Waals surface area (Å²) in [6, 6.07) is 6.94. The number of aryl methyl sites for hydroxylation is 3. The maximum Gasteiger partial charge on any atom is 0.387 e. The predicted octanol–water partition coefficient (Wildman–Crippen LogP) is 3.48. The molecule has 2 rings (SSSR count). The summed E-state index contributed by atoms with van der Waals surface area (Å²) >= 11 is 5.19. The number of anilines is 1. The lowest BCUT2D eigenvalue weighted by Crippen LogP contribution is -2.30. The fourth-order valence-electron chi connectivity index (χ4n) is 2.12. The molecule has 0 spiro atoms. The van der Waals surface area contributed by atoms with Crippen LogP contribution in [0.25, 0.3) is 0 Å². The van der Waals surface area contributed by atoms with Crippen LogP contribution in [-0.4, -0.2) is 28.0 Å². The van der Waals surface area contributed by atoms with Gasteiger partial charge in [0.1, 0.15) is 5.75 Å². The van der Waals surface area contributed by atoms with Crippen LogP contribution in [-0.2, 0) is 6.54 Å². The van der Waals surface area contributed by atoms with Gasteiger partial charge in [-0.25, -0.2) is 0 Å². The van der Waals surface area contributed by atoms with E-state index in [0.717, 1.165) is 24.2 Å². The first-order chi connectivity index (χ1) is 11.4. The molecule has 8 heteroatoms. The minimum atomic E-state index is -2.88. The van der Waals surface area contributed by atoms with Gasteiger partial charge < -0.3 is 15.4 Å². The van der Waals surface area contributed by atoms with E-state index >= 15 is 0 Å². The number of rotatable bonds is 7. The number of nitrogens with one attached hydrogen (secondary N) is 2. The van der Waals surface area contributed by atoms with Gasteiger partial charge in [-0.05, 0) is 56.2 Å². The Bertz CT molecular complexity index is 690. The molecule has 0 radical (unpaired) electrons. The zero-order valence-electron chi connectivity index (χ0n) is 13.6. The maximum atomic E-state index is 12.5. The SMILES string of the molecule is Cc1ccc(NC(=S)NCCCn2ccc(C)n2)c(OC(F)F)c1. The highest BCUT2D eigenvalue weighted by atomic mass is 32.1. The van der Waals surface area contributed by atoms with Crippen molar-refractivity contribution >= 4 is 23.0 Å². The van der Waals surface area contributed by atoms with E-state index in [9.17, 15) is 8.78 Å². The highest BCUT2D eigenvalue weighted by Crippen LogP contribution is 2.27. The number of aromatic nitrogens is 2.